The Morgan fingerprint density at radius 3 is 2.62 bits per heavy atom. The number of ether oxygens (including phenoxy) is 2. The van der Waals surface area contributed by atoms with E-state index in [1.807, 2.05) is 61.7 Å². The molecule has 1 aromatic carbocycles. The van der Waals surface area contributed by atoms with Crippen LogP contribution in [0.2, 0.25) is 0 Å². The maximum Gasteiger partial charge on any atom is 0.338 e. The molecule has 0 spiro atoms. The molecular weight excluding hydrogens is 444 g/mol. The summed E-state index contributed by atoms with van der Waals surface area (Å²) < 4.78 is 12.9. The lowest BCUT2D eigenvalue weighted by atomic mass is 10.0. The molecule has 1 aliphatic rings. The fourth-order valence-electron chi connectivity index (χ4n) is 3.47. The number of nitrogens with zero attached hydrogens (tertiary/aromatic N) is 2. The second-order valence-electron chi connectivity index (χ2n) is 7.86. The van der Waals surface area contributed by atoms with Gasteiger partial charge in [0.05, 0.1) is 29.5 Å². The molecule has 0 radical (unpaired) electrons. The van der Waals surface area contributed by atoms with Crippen molar-refractivity contribution in [2.24, 2.45) is 10.9 Å². The lowest BCUT2D eigenvalue weighted by Crippen LogP contribution is -2.39. The number of benzene rings is 1. The minimum absolute atomic E-state index is 0.176. The Balaban J connectivity index is 1.84. The predicted molar refractivity (Wildman–Crippen MR) is 127 cm³/mol. The van der Waals surface area contributed by atoms with Gasteiger partial charge in [0.25, 0.3) is 5.56 Å². The minimum atomic E-state index is -0.552. The molecule has 166 valence electrons. The Morgan fingerprint density at radius 2 is 2.00 bits per heavy atom. The highest BCUT2D eigenvalue weighted by atomic mass is 32.1. The van der Waals surface area contributed by atoms with Gasteiger partial charge in [0.1, 0.15) is 11.8 Å². The van der Waals surface area contributed by atoms with E-state index < -0.39 is 12.0 Å². The number of methoxy groups -OCH3 is 1. The van der Waals surface area contributed by atoms with E-state index in [1.165, 1.54) is 22.7 Å². The molecule has 1 aliphatic heterocycles. The maximum atomic E-state index is 13.5. The quantitative estimate of drug-likeness (QED) is 0.519. The standard InChI is InChI=1S/C24H24N2O4S2/c1-14(2)13-30-23(28)20-15(3)25-24-26(21(20)18-6-5-11-31-18)22(27)19(32-24)12-16-7-9-17(29-4)10-8-16/h5-12,14,21H,13H2,1-4H3/b19-12+/t21-/m1/s1. The molecule has 32 heavy (non-hydrogen) atoms. The first-order chi connectivity index (χ1) is 15.4. The van der Waals surface area contributed by atoms with Crippen LogP contribution in [0.15, 0.2) is 62.8 Å². The van der Waals surface area contributed by atoms with Gasteiger partial charge < -0.3 is 9.47 Å². The first kappa shape index (κ1) is 22.2. The summed E-state index contributed by atoms with van der Waals surface area (Å²) in [5, 5.41) is 1.94. The molecule has 2 aromatic heterocycles. The molecule has 0 N–H and O–H groups in total. The fraction of sp³-hybridized carbons (Fsp3) is 0.292. The monoisotopic (exact) mass is 468 g/mol. The van der Waals surface area contributed by atoms with Crippen LogP contribution in [0.5, 0.6) is 5.75 Å². The summed E-state index contributed by atoms with van der Waals surface area (Å²) in [5.41, 5.74) is 1.70. The van der Waals surface area contributed by atoms with Crippen molar-refractivity contribution >= 4 is 34.7 Å². The third-order valence-electron chi connectivity index (χ3n) is 5.02. The highest BCUT2D eigenvalue weighted by Crippen LogP contribution is 2.33. The molecule has 0 saturated heterocycles. The number of hydrogen-bond donors (Lipinski definition) is 0. The number of esters is 1. The van der Waals surface area contributed by atoms with Gasteiger partial charge in [0.2, 0.25) is 0 Å². The highest BCUT2D eigenvalue weighted by molar-refractivity contribution is 7.10. The lowest BCUT2D eigenvalue weighted by molar-refractivity contribution is -0.140. The molecule has 6 nitrogen and oxygen atoms in total. The first-order valence-corrected chi connectivity index (χ1v) is 12.0. The van der Waals surface area contributed by atoms with Gasteiger partial charge in [0, 0.05) is 4.88 Å². The molecule has 3 aromatic rings. The Morgan fingerprint density at radius 1 is 1.25 bits per heavy atom. The van der Waals surface area contributed by atoms with Crippen LogP contribution in [0.3, 0.4) is 0 Å². The average molecular weight is 469 g/mol. The van der Waals surface area contributed by atoms with Gasteiger partial charge in [-0.2, -0.15) is 0 Å². The predicted octanol–water partition coefficient (Wildman–Crippen LogP) is 3.50. The molecule has 3 heterocycles. The van der Waals surface area contributed by atoms with E-state index in [0.717, 1.165) is 16.2 Å². The van der Waals surface area contributed by atoms with Crippen molar-refractivity contribution in [2.75, 3.05) is 13.7 Å². The Kier molecular flexibility index (Phi) is 6.43. The van der Waals surface area contributed by atoms with Gasteiger partial charge in [-0.1, -0.05) is 43.4 Å². The molecule has 1 atom stereocenters. The smallest absolute Gasteiger partial charge is 0.338 e. The van der Waals surface area contributed by atoms with E-state index in [2.05, 4.69) is 4.99 Å². The van der Waals surface area contributed by atoms with Crippen LogP contribution in [0.1, 0.15) is 37.3 Å². The van der Waals surface area contributed by atoms with Crippen LogP contribution >= 0.6 is 22.7 Å². The van der Waals surface area contributed by atoms with Gasteiger partial charge in [-0.25, -0.2) is 9.79 Å². The zero-order valence-corrected chi connectivity index (χ0v) is 20.0. The van der Waals surface area contributed by atoms with Gasteiger partial charge in [-0.3, -0.25) is 9.36 Å². The first-order valence-electron chi connectivity index (χ1n) is 10.3. The molecule has 0 bridgehead atoms. The lowest BCUT2D eigenvalue weighted by Gasteiger charge is -2.23. The van der Waals surface area contributed by atoms with Crippen molar-refractivity contribution in [3.05, 3.63) is 83.2 Å². The molecule has 0 amide bonds. The van der Waals surface area contributed by atoms with E-state index in [4.69, 9.17) is 9.47 Å². The van der Waals surface area contributed by atoms with E-state index >= 15 is 0 Å². The summed E-state index contributed by atoms with van der Waals surface area (Å²) in [6.45, 7) is 6.08. The highest BCUT2D eigenvalue weighted by Gasteiger charge is 2.34. The second kappa shape index (κ2) is 9.26. The van der Waals surface area contributed by atoms with E-state index in [9.17, 15) is 9.59 Å². The van der Waals surface area contributed by atoms with Crippen LogP contribution in [-0.2, 0) is 9.53 Å². The van der Waals surface area contributed by atoms with Crippen LogP contribution in [0.4, 0.5) is 0 Å². The van der Waals surface area contributed by atoms with Crippen molar-refractivity contribution in [1.82, 2.24) is 4.57 Å². The minimum Gasteiger partial charge on any atom is -0.497 e. The number of carbonyl (C=O) groups is 1. The molecular formula is C24H24N2O4S2. The van der Waals surface area contributed by atoms with Crippen LogP contribution < -0.4 is 19.6 Å². The average Bonchev–Trinajstić information content (AvgIpc) is 3.40. The number of carbonyl (C=O) groups excluding carboxylic acids is 1. The SMILES string of the molecule is COc1ccc(/C=c2/sc3n(c2=O)[C@H](c2cccs2)C(C(=O)OCC(C)C)=C(C)N=3)cc1. The van der Waals surface area contributed by atoms with E-state index in [-0.39, 0.29) is 11.5 Å². The molecule has 4 rings (SSSR count). The van der Waals surface area contributed by atoms with Crippen molar-refractivity contribution in [1.29, 1.82) is 0 Å². The summed E-state index contributed by atoms with van der Waals surface area (Å²) in [5.74, 6) is 0.537. The second-order valence-corrected chi connectivity index (χ2v) is 9.85. The summed E-state index contributed by atoms with van der Waals surface area (Å²) in [6, 6.07) is 10.8. The zero-order valence-electron chi connectivity index (χ0n) is 18.3. The molecule has 0 saturated carbocycles. The van der Waals surface area contributed by atoms with Gasteiger partial charge >= 0.3 is 5.97 Å². The Bertz CT molecular complexity index is 1330. The largest absolute Gasteiger partial charge is 0.497 e. The Labute approximate surface area is 193 Å². The van der Waals surface area contributed by atoms with Crippen molar-refractivity contribution in [2.45, 2.75) is 26.8 Å². The van der Waals surface area contributed by atoms with E-state index in [1.54, 1.807) is 18.6 Å². The van der Waals surface area contributed by atoms with Crippen LogP contribution in [-0.4, -0.2) is 24.3 Å². The molecule has 0 aliphatic carbocycles. The van der Waals surface area contributed by atoms with Crippen molar-refractivity contribution in [3.8, 4) is 5.75 Å². The summed E-state index contributed by atoms with van der Waals surface area (Å²) in [7, 11) is 1.61. The molecule has 0 fully saturated rings. The summed E-state index contributed by atoms with van der Waals surface area (Å²) in [6.07, 6.45) is 1.84. The number of hydrogen-bond acceptors (Lipinski definition) is 7. The third-order valence-corrected chi connectivity index (χ3v) is 6.92. The molecule has 8 heteroatoms. The zero-order chi connectivity index (χ0) is 22.8. The van der Waals surface area contributed by atoms with Crippen LogP contribution in [0.25, 0.3) is 6.08 Å². The summed E-state index contributed by atoms with van der Waals surface area (Å²) >= 11 is 2.82. The van der Waals surface area contributed by atoms with Gasteiger partial charge in [-0.15, -0.1) is 11.3 Å². The van der Waals surface area contributed by atoms with Gasteiger partial charge in [-0.05, 0) is 48.1 Å². The van der Waals surface area contributed by atoms with Crippen molar-refractivity contribution in [3.63, 3.8) is 0 Å². The Hall–Kier alpha value is -2.97. The number of thiophene rings is 1. The number of rotatable bonds is 6. The topological polar surface area (TPSA) is 69.9 Å². The van der Waals surface area contributed by atoms with Gasteiger partial charge in [0.15, 0.2) is 4.80 Å². The maximum absolute atomic E-state index is 13.5. The summed E-state index contributed by atoms with van der Waals surface area (Å²) in [4.78, 5) is 32.6. The van der Waals surface area contributed by atoms with Crippen LogP contribution in [0, 0.1) is 5.92 Å². The van der Waals surface area contributed by atoms with Crippen molar-refractivity contribution < 1.29 is 14.3 Å². The fourth-order valence-corrected chi connectivity index (χ4v) is 5.34. The number of allylic oxidation sites excluding steroid dienone is 1. The number of thiazole rings is 1. The molecule has 0 unspecified atom stereocenters. The number of fused-ring (bicyclic) bond motifs is 1. The number of aromatic nitrogens is 1. The third kappa shape index (κ3) is 4.33. The van der Waals surface area contributed by atoms with E-state index in [0.29, 0.717) is 27.2 Å². The normalized spacial score (nSPS) is 16.2.